The Balaban J connectivity index is 0.00000152. The molecule has 6 rings (SSSR count). The van der Waals surface area contributed by atoms with E-state index in [1.54, 1.807) is 6.33 Å². The van der Waals surface area contributed by atoms with E-state index in [1.807, 2.05) is 18.5 Å². The molecule has 7 heteroatoms. The number of hydrogen-bond acceptors (Lipinski definition) is 7. The maximum atomic E-state index is 4.71. The van der Waals surface area contributed by atoms with Crippen molar-refractivity contribution in [1.29, 1.82) is 0 Å². The quantitative estimate of drug-likeness (QED) is 0.484. The van der Waals surface area contributed by atoms with Crippen LogP contribution in [0.4, 0.5) is 11.6 Å². The largest absolute Gasteiger partial charge is 0.365 e. The van der Waals surface area contributed by atoms with Crippen molar-refractivity contribution in [3.05, 3.63) is 89.6 Å². The van der Waals surface area contributed by atoms with E-state index in [2.05, 4.69) is 79.6 Å². The van der Waals surface area contributed by atoms with Gasteiger partial charge in [0.15, 0.2) is 0 Å². The van der Waals surface area contributed by atoms with Gasteiger partial charge in [0.2, 0.25) is 0 Å². The molecule has 1 aromatic carbocycles. The first-order chi connectivity index (χ1) is 16.7. The molecule has 34 heavy (non-hydrogen) atoms. The minimum atomic E-state index is 0. The highest BCUT2D eigenvalue weighted by Crippen LogP contribution is 2.33. The summed E-state index contributed by atoms with van der Waals surface area (Å²) in [5, 5.41) is 4.52. The maximum Gasteiger partial charge on any atom is 0.137 e. The second-order valence-electron chi connectivity index (χ2n) is 8.94. The number of fused-ring (bicyclic) bond motifs is 2. The van der Waals surface area contributed by atoms with Gasteiger partial charge in [-0.1, -0.05) is 24.3 Å². The first-order valence-electron chi connectivity index (χ1n) is 11.8. The van der Waals surface area contributed by atoms with Crippen LogP contribution in [0.3, 0.4) is 0 Å². The Hall–Kier alpha value is -3.84. The third-order valence-electron chi connectivity index (χ3n) is 6.72. The van der Waals surface area contributed by atoms with Crippen molar-refractivity contribution in [2.45, 2.75) is 13.0 Å². The molecule has 1 aliphatic heterocycles. The van der Waals surface area contributed by atoms with Gasteiger partial charge < -0.3 is 15.1 Å². The molecule has 1 aliphatic carbocycles. The van der Waals surface area contributed by atoms with Gasteiger partial charge in [-0.2, -0.15) is 0 Å². The number of allylic oxidation sites excluding steroid dienone is 1. The van der Waals surface area contributed by atoms with Crippen molar-refractivity contribution >= 4 is 28.1 Å². The molecule has 0 unspecified atom stereocenters. The lowest BCUT2D eigenvalue weighted by atomic mass is 9.99. The number of pyridine rings is 2. The molecule has 3 aromatic heterocycles. The van der Waals surface area contributed by atoms with Crippen molar-refractivity contribution < 1.29 is 2.85 Å². The summed E-state index contributed by atoms with van der Waals surface area (Å²) < 4.78 is 0. The monoisotopic (exact) mass is 453 g/mol. The minimum absolute atomic E-state index is 0. The molecule has 0 atom stereocenters. The summed E-state index contributed by atoms with van der Waals surface area (Å²) in [4.78, 5) is 22.9. The molecule has 174 valence electrons. The second kappa shape index (κ2) is 8.83. The standard InChI is InChI=1S/C27H27N7.2H2/c1-33-11-13-34(14-12-33)26-9-4-19(16-29-26)17-30-27-23-15-20(5-7-25(23)31-18-32-27)21-6-8-24-22(21)3-2-10-28-24;;/h2-7,9-10,15-16,18H,8,11-14,17H2,1H3,(H,30,31,32);2*1H. The number of rotatable bonds is 5. The van der Waals surface area contributed by atoms with Crippen LogP contribution in [-0.4, -0.2) is 58.1 Å². The van der Waals surface area contributed by atoms with E-state index < -0.39 is 0 Å². The SMILES string of the molecule is CN1CCN(c2ccc(CNc3ncnc4ccc(C5=CCc6ncccc65)cc34)cn2)CC1.[HH].[HH]. The lowest BCUT2D eigenvalue weighted by molar-refractivity contribution is 0.312. The molecule has 4 aromatic rings. The van der Waals surface area contributed by atoms with Crippen LogP contribution in [-0.2, 0) is 13.0 Å². The fraction of sp³-hybridized carbons (Fsp3) is 0.259. The smallest absolute Gasteiger partial charge is 0.137 e. The van der Waals surface area contributed by atoms with Crippen LogP contribution in [0.15, 0.2) is 67.3 Å². The Morgan fingerprint density at radius 3 is 2.74 bits per heavy atom. The number of benzene rings is 1. The number of piperazine rings is 1. The van der Waals surface area contributed by atoms with Crippen molar-refractivity contribution in [3.63, 3.8) is 0 Å². The Kier molecular flexibility index (Phi) is 5.39. The Morgan fingerprint density at radius 2 is 1.88 bits per heavy atom. The van der Waals surface area contributed by atoms with Crippen molar-refractivity contribution in [1.82, 2.24) is 24.8 Å². The van der Waals surface area contributed by atoms with Crippen LogP contribution < -0.4 is 10.2 Å². The van der Waals surface area contributed by atoms with Crippen molar-refractivity contribution in [2.75, 3.05) is 43.4 Å². The highest BCUT2D eigenvalue weighted by Gasteiger charge is 2.18. The summed E-state index contributed by atoms with van der Waals surface area (Å²) in [5.41, 5.74) is 6.78. The van der Waals surface area contributed by atoms with E-state index >= 15 is 0 Å². The first kappa shape index (κ1) is 20.7. The fourth-order valence-corrected chi connectivity index (χ4v) is 4.72. The molecule has 4 heterocycles. The van der Waals surface area contributed by atoms with Crippen molar-refractivity contribution in [2.24, 2.45) is 0 Å². The number of anilines is 2. The first-order valence-corrected chi connectivity index (χ1v) is 11.8. The van der Waals surface area contributed by atoms with Gasteiger partial charge in [0, 0.05) is 65.3 Å². The van der Waals surface area contributed by atoms with Gasteiger partial charge in [0.25, 0.3) is 0 Å². The zero-order valence-corrected chi connectivity index (χ0v) is 19.3. The average molecular weight is 454 g/mol. The van der Waals surface area contributed by atoms with Crippen LogP contribution in [0.5, 0.6) is 0 Å². The molecule has 0 radical (unpaired) electrons. The summed E-state index contributed by atoms with van der Waals surface area (Å²) >= 11 is 0. The van der Waals surface area contributed by atoms with E-state index in [1.165, 1.54) is 11.1 Å². The summed E-state index contributed by atoms with van der Waals surface area (Å²) in [7, 11) is 2.17. The normalized spacial score (nSPS) is 15.9. The molecule has 2 aliphatic rings. The summed E-state index contributed by atoms with van der Waals surface area (Å²) in [6.07, 6.45) is 8.56. The fourth-order valence-electron chi connectivity index (χ4n) is 4.72. The summed E-state index contributed by atoms with van der Waals surface area (Å²) in [5.74, 6) is 1.88. The highest BCUT2D eigenvalue weighted by atomic mass is 15.3. The van der Waals surface area contributed by atoms with Gasteiger partial charge in [0.05, 0.1) is 11.2 Å². The van der Waals surface area contributed by atoms with E-state index in [0.717, 1.165) is 72.0 Å². The van der Waals surface area contributed by atoms with Gasteiger partial charge >= 0.3 is 0 Å². The Bertz CT molecular complexity index is 1370. The second-order valence-corrected chi connectivity index (χ2v) is 8.94. The molecule has 0 amide bonds. The van der Waals surface area contributed by atoms with Gasteiger partial charge in [-0.05, 0) is 48.0 Å². The molecular formula is C27H31N7. The van der Waals surface area contributed by atoms with Gasteiger partial charge in [-0.15, -0.1) is 0 Å². The molecule has 0 saturated carbocycles. The molecule has 0 bridgehead atoms. The zero-order valence-electron chi connectivity index (χ0n) is 19.3. The van der Waals surface area contributed by atoms with Gasteiger partial charge in [-0.3, -0.25) is 4.98 Å². The molecule has 7 nitrogen and oxygen atoms in total. The predicted molar refractivity (Wildman–Crippen MR) is 140 cm³/mol. The van der Waals surface area contributed by atoms with E-state index in [4.69, 9.17) is 4.98 Å². The van der Waals surface area contributed by atoms with Crippen LogP contribution in [0.1, 0.15) is 25.2 Å². The molecular weight excluding hydrogens is 422 g/mol. The van der Waals surface area contributed by atoms with Crippen LogP contribution in [0.25, 0.3) is 16.5 Å². The van der Waals surface area contributed by atoms with E-state index in [9.17, 15) is 0 Å². The Labute approximate surface area is 202 Å². The number of nitrogens with zero attached hydrogens (tertiary/aromatic N) is 6. The topological polar surface area (TPSA) is 70.1 Å². The minimum Gasteiger partial charge on any atom is -0.365 e. The van der Waals surface area contributed by atoms with Crippen LogP contribution in [0, 0.1) is 0 Å². The zero-order chi connectivity index (χ0) is 22.9. The average Bonchev–Trinajstić information content (AvgIpc) is 3.32. The third-order valence-corrected chi connectivity index (χ3v) is 6.72. The Morgan fingerprint density at radius 1 is 0.971 bits per heavy atom. The lowest BCUT2D eigenvalue weighted by Gasteiger charge is -2.33. The molecule has 0 spiro atoms. The number of nitrogens with one attached hydrogen (secondary N) is 1. The van der Waals surface area contributed by atoms with E-state index in [0.29, 0.717) is 6.54 Å². The summed E-state index contributed by atoms with van der Waals surface area (Å²) in [6.45, 7) is 4.85. The lowest BCUT2D eigenvalue weighted by Crippen LogP contribution is -2.44. The number of aromatic nitrogens is 4. The molecule has 1 N–H and O–H groups in total. The number of likely N-dealkylation sites (N-methyl/N-ethyl adjacent to an activating group) is 1. The van der Waals surface area contributed by atoms with Gasteiger partial charge in [0.1, 0.15) is 18.0 Å². The van der Waals surface area contributed by atoms with Gasteiger partial charge in [-0.25, -0.2) is 15.0 Å². The predicted octanol–water partition coefficient (Wildman–Crippen LogP) is 4.26. The van der Waals surface area contributed by atoms with Crippen molar-refractivity contribution in [3.8, 4) is 0 Å². The van der Waals surface area contributed by atoms with Crippen LogP contribution >= 0.6 is 0 Å². The highest BCUT2D eigenvalue weighted by molar-refractivity contribution is 5.94. The molecule has 1 saturated heterocycles. The van der Waals surface area contributed by atoms with E-state index in [-0.39, 0.29) is 2.85 Å². The third kappa shape index (κ3) is 3.99. The maximum absolute atomic E-state index is 4.71. The summed E-state index contributed by atoms with van der Waals surface area (Å²) in [6, 6.07) is 14.8. The number of hydrogen-bond donors (Lipinski definition) is 1. The molecule has 1 fully saturated rings. The van der Waals surface area contributed by atoms with Crippen LogP contribution in [0.2, 0.25) is 0 Å².